The SMILES string of the molecule is NCCCCNCCOP(O)(O)=S. The molecule has 0 aromatic rings. The molecule has 0 aliphatic carbocycles. The summed E-state index contributed by atoms with van der Waals surface area (Å²) >= 11 is 4.26. The molecule has 0 bridgehead atoms. The summed E-state index contributed by atoms with van der Waals surface area (Å²) in [7, 11) is 0. The molecule has 0 aliphatic rings. The summed E-state index contributed by atoms with van der Waals surface area (Å²) in [6, 6.07) is 0. The smallest absolute Gasteiger partial charge is 0.321 e. The highest BCUT2D eigenvalue weighted by Crippen LogP contribution is 2.35. The highest BCUT2D eigenvalue weighted by molar-refractivity contribution is 8.06. The lowest BCUT2D eigenvalue weighted by Gasteiger charge is -2.08. The highest BCUT2D eigenvalue weighted by Gasteiger charge is 2.05. The Balaban J connectivity index is 3.04. The second-order valence-corrected chi connectivity index (χ2v) is 5.24. The molecule has 7 heteroatoms. The van der Waals surface area contributed by atoms with E-state index in [1.54, 1.807) is 0 Å². The summed E-state index contributed by atoms with van der Waals surface area (Å²) in [6.07, 6.45) is 2.01. The van der Waals surface area contributed by atoms with Gasteiger partial charge in [0, 0.05) is 6.54 Å². The van der Waals surface area contributed by atoms with Crippen molar-refractivity contribution in [2.75, 3.05) is 26.2 Å². The predicted octanol–water partition coefficient (Wildman–Crippen LogP) is -0.459. The van der Waals surface area contributed by atoms with Crippen molar-refractivity contribution in [1.29, 1.82) is 0 Å². The van der Waals surface area contributed by atoms with Gasteiger partial charge in [-0.05, 0) is 37.7 Å². The molecule has 0 amide bonds. The summed E-state index contributed by atoms with van der Waals surface area (Å²) < 4.78 is 4.59. The Labute approximate surface area is 83.5 Å². The summed E-state index contributed by atoms with van der Waals surface area (Å²) in [5.74, 6) is 0. The van der Waals surface area contributed by atoms with Crippen molar-refractivity contribution >= 4 is 18.5 Å². The van der Waals surface area contributed by atoms with E-state index in [1.807, 2.05) is 0 Å². The number of hydrogen-bond acceptors (Lipinski definition) is 4. The molecule has 0 spiro atoms. The van der Waals surface area contributed by atoms with Gasteiger partial charge in [0.05, 0.1) is 6.61 Å². The highest BCUT2D eigenvalue weighted by atomic mass is 32.5. The van der Waals surface area contributed by atoms with Gasteiger partial charge < -0.3 is 25.4 Å². The van der Waals surface area contributed by atoms with Crippen molar-refractivity contribution in [2.45, 2.75) is 12.8 Å². The Hall–Kier alpha value is 0.450. The molecule has 80 valence electrons. The standard InChI is InChI=1S/C6H17N2O3PS/c7-3-1-2-4-8-5-6-11-12(9,10)13/h8H,1-7H2,(H2,9,10,13). The van der Waals surface area contributed by atoms with E-state index in [1.165, 1.54) is 0 Å². The third-order valence-corrected chi connectivity index (χ3v) is 2.18. The van der Waals surface area contributed by atoms with Gasteiger partial charge in [0.25, 0.3) is 0 Å². The molecule has 13 heavy (non-hydrogen) atoms. The van der Waals surface area contributed by atoms with Crippen molar-refractivity contribution in [1.82, 2.24) is 5.32 Å². The normalized spacial score (nSPS) is 11.9. The molecule has 0 rings (SSSR count). The number of hydrogen-bond donors (Lipinski definition) is 4. The molecule has 0 aromatic heterocycles. The number of unbranched alkanes of at least 4 members (excludes halogenated alkanes) is 1. The van der Waals surface area contributed by atoms with Gasteiger partial charge >= 0.3 is 6.72 Å². The van der Waals surface area contributed by atoms with Crippen LogP contribution < -0.4 is 11.1 Å². The van der Waals surface area contributed by atoms with Gasteiger partial charge in [-0.25, -0.2) is 0 Å². The Bertz CT molecular complexity index is 164. The molecule has 0 unspecified atom stereocenters. The van der Waals surface area contributed by atoms with Crippen molar-refractivity contribution < 1.29 is 14.3 Å². The van der Waals surface area contributed by atoms with E-state index in [9.17, 15) is 0 Å². The molecule has 0 aromatic carbocycles. The molecule has 0 fully saturated rings. The third-order valence-electron chi connectivity index (χ3n) is 1.35. The lowest BCUT2D eigenvalue weighted by atomic mass is 10.3. The van der Waals surface area contributed by atoms with Crippen LogP contribution in [0.5, 0.6) is 0 Å². The first-order chi connectivity index (χ1) is 6.06. The Morgan fingerprint density at radius 3 is 2.54 bits per heavy atom. The first kappa shape index (κ1) is 13.4. The van der Waals surface area contributed by atoms with Crippen LogP contribution >= 0.6 is 6.72 Å². The largest absolute Gasteiger partial charge is 0.330 e. The van der Waals surface area contributed by atoms with E-state index in [4.69, 9.17) is 15.5 Å². The molecular weight excluding hydrogens is 211 g/mol. The first-order valence-electron chi connectivity index (χ1n) is 4.17. The second kappa shape index (κ2) is 7.82. The van der Waals surface area contributed by atoms with Gasteiger partial charge in [-0.3, -0.25) is 0 Å². The van der Waals surface area contributed by atoms with Gasteiger partial charge in [-0.2, -0.15) is 0 Å². The monoisotopic (exact) mass is 228 g/mol. The van der Waals surface area contributed by atoms with Crippen LogP contribution in [0.15, 0.2) is 0 Å². The van der Waals surface area contributed by atoms with E-state index in [0.717, 1.165) is 19.4 Å². The number of rotatable bonds is 8. The molecule has 5 nitrogen and oxygen atoms in total. The molecule has 5 N–H and O–H groups in total. The van der Waals surface area contributed by atoms with E-state index in [0.29, 0.717) is 13.1 Å². The molecule has 0 aliphatic heterocycles. The minimum Gasteiger partial charge on any atom is -0.330 e. The summed E-state index contributed by atoms with van der Waals surface area (Å²) in [6.45, 7) is -1.09. The van der Waals surface area contributed by atoms with Crippen LogP contribution in [0.4, 0.5) is 0 Å². The minimum atomic E-state index is -3.45. The summed E-state index contributed by atoms with van der Waals surface area (Å²) in [5, 5.41) is 3.06. The maximum Gasteiger partial charge on any atom is 0.321 e. The Kier molecular flexibility index (Phi) is 8.09. The third kappa shape index (κ3) is 12.4. The molecule has 0 radical (unpaired) electrons. The average Bonchev–Trinajstić information content (AvgIpc) is 2.01. The zero-order valence-electron chi connectivity index (χ0n) is 7.48. The quantitative estimate of drug-likeness (QED) is 0.332. The minimum absolute atomic E-state index is 0.229. The van der Waals surface area contributed by atoms with Crippen molar-refractivity contribution in [3.63, 3.8) is 0 Å². The van der Waals surface area contributed by atoms with Crippen LogP contribution in [-0.2, 0) is 16.3 Å². The van der Waals surface area contributed by atoms with Gasteiger partial charge in [0.1, 0.15) is 0 Å². The zero-order valence-corrected chi connectivity index (χ0v) is 9.19. The van der Waals surface area contributed by atoms with Gasteiger partial charge in [-0.1, -0.05) is 0 Å². The van der Waals surface area contributed by atoms with Gasteiger partial charge in [-0.15, -0.1) is 0 Å². The maximum atomic E-state index is 8.67. The fraction of sp³-hybridized carbons (Fsp3) is 1.00. The molecule has 0 saturated heterocycles. The lowest BCUT2D eigenvalue weighted by Crippen LogP contribution is -2.21. The van der Waals surface area contributed by atoms with Crippen molar-refractivity contribution in [3.05, 3.63) is 0 Å². The van der Waals surface area contributed by atoms with E-state index in [2.05, 4.69) is 21.6 Å². The zero-order chi connectivity index (χ0) is 10.2. The van der Waals surface area contributed by atoms with Gasteiger partial charge in [0.2, 0.25) is 0 Å². The topological polar surface area (TPSA) is 87.7 Å². The molecule has 0 saturated carbocycles. The van der Waals surface area contributed by atoms with Crippen LogP contribution in [0.2, 0.25) is 0 Å². The Morgan fingerprint density at radius 2 is 2.00 bits per heavy atom. The molecular formula is C6H17N2O3PS. The van der Waals surface area contributed by atoms with Crippen molar-refractivity contribution in [2.24, 2.45) is 5.73 Å². The van der Waals surface area contributed by atoms with E-state index in [-0.39, 0.29) is 6.61 Å². The van der Waals surface area contributed by atoms with E-state index < -0.39 is 6.72 Å². The maximum absolute atomic E-state index is 8.67. The number of nitrogens with two attached hydrogens (primary N) is 1. The van der Waals surface area contributed by atoms with Crippen LogP contribution in [0, 0.1) is 0 Å². The van der Waals surface area contributed by atoms with Crippen LogP contribution in [0.3, 0.4) is 0 Å². The first-order valence-corrected chi connectivity index (χ1v) is 6.79. The van der Waals surface area contributed by atoms with Crippen LogP contribution in [0.25, 0.3) is 0 Å². The fourth-order valence-corrected chi connectivity index (χ4v) is 1.31. The predicted molar refractivity (Wildman–Crippen MR) is 55.8 cm³/mol. The average molecular weight is 228 g/mol. The lowest BCUT2D eigenvalue weighted by molar-refractivity contribution is 0.251. The van der Waals surface area contributed by atoms with Crippen LogP contribution in [0.1, 0.15) is 12.8 Å². The fourth-order valence-electron chi connectivity index (χ4n) is 0.756. The second-order valence-electron chi connectivity index (χ2n) is 2.57. The van der Waals surface area contributed by atoms with Gasteiger partial charge in [0.15, 0.2) is 0 Å². The molecule has 0 atom stereocenters. The summed E-state index contributed by atoms with van der Waals surface area (Å²) in [4.78, 5) is 17.3. The summed E-state index contributed by atoms with van der Waals surface area (Å²) in [5.41, 5.74) is 5.30. The van der Waals surface area contributed by atoms with E-state index >= 15 is 0 Å². The van der Waals surface area contributed by atoms with Crippen molar-refractivity contribution in [3.8, 4) is 0 Å². The van der Waals surface area contributed by atoms with Crippen LogP contribution in [-0.4, -0.2) is 36.0 Å². The Morgan fingerprint density at radius 1 is 1.31 bits per heavy atom. The number of nitrogens with one attached hydrogen (secondary N) is 1. The molecule has 0 heterocycles.